The smallest absolute Gasteiger partial charge is 0.255 e. The van der Waals surface area contributed by atoms with Crippen LogP contribution in [0.25, 0.3) is 0 Å². The molecule has 2 heterocycles. The molecule has 1 unspecified atom stereocenters. The van der Waals surface area contributed by atoms with Gasteiger partial charge in [0.2, 0.25) is 0 Å². The van der Waals surface area contributed by atoms with Gasteiger partial charge in [0, 0.05) is 17.8 Å². The normalized spacial score (nSPS) is 16.9. The summed E-state index contributed by atoms with van der Waals surface area (Å²) >= 11 is 1.47. The van der Waals surface area contributed by atoms with Crippen LogP contribution in [0.1, 0.15) is 47.4 Å². The molecule has 1 fully saturated rings. The van der Waals surface area contributed by atoms with Crippen molar-refractivity contribution in [3.8, 4) is 5.75 Å². The van der Waals surface area contributed by atoms with Crippen LogP contribution >= 0.6 is 11.3 Å². The van der Waals surface area contributed by atoms with Crippen molar-refractivity contribution in [3.05, 3.63) is 87.4 Å². The lowest BCUT2D eigenvalue weighted by Gasteiger charge is -2.28. The highest BCUT2D eigenvalue weighted by molar-refractivity contribution is 7.10. The number of nitrogens with zero attached hydrogens (tertiary/aromatic N) is 1. The van der Waals surface area contributed by atoms with E-state index in [0.717, 1.165) is 27.3 Å². The number of para-hydroxylation sites is 1. The lowest BCUT2D eigenvalue weighted by Crippen LogP contribution is -2.50. The summed E-state index contributed by atoms with van der Waals surface area (Å²) in [6, 6.07) is 15.3. The number of carbonyl (C=O) groups excluding carboxylic acids is 2. The number of thiophene rings is 1. The molecular formula is C28H31FN2O5S. The minimum absolute atomic E-state index is 0.163. The molecule has 0 aliphatic carbocycles. The number of rotatable bonds is 10. The molecule has 1 aliphatic rings. The van der Waals surface area contributed by atoms with Gasteiger partial charge in [-0.3, -0.25) is 9.59 Å². The van der Waals surface area contributed by atoms with E-state index in [2.05, 4.69) is 5.32 Å². The highest BCUT2D eigenvalue weighted by Crippen LogP contribution is 2.32. The summed E-state index contributed by atoms with van der Waals surface area (Å²) in [4.78, 5) is 27.8. The van der Waals surface area contributed by atoms with E-state index in [1.54, 1.807) is 12.1 Å². The zero-order valence-corrected chi connectivity index (χ0v) is 21.4. The van der Waals surface area contributed by atoms with E-state index in [4.69, 9.17) is 4.74 Å². The molecule has 0 radical (unpaired) electrons. The average Bonchev–Trinajstić information content (AvgIpc) is 3.57. The number of benzene rings is 2. The zero-order valence-electron chi connectivity index (χ0n) is 20.6. The standard InChI is InChI=1S/C28H31FN2O5S/c1-2-36-24-8-4-3-6-20(24)14-18-15-22(37-17-18)16-30-27(34)25(32)26(33)28(35)31-13-5-7-23(31)19-9-11-21(29)12-10-19/h3-4,6,8-12,15,17,23,25-26,32-33H,2,5,7,13-14,16H2,1H3,(H,30,34)/t23?,25-,26-/m1/s1. The number of aliphatic hydroxyl groups excluding tert-OH is 2. The van der Waals surface area contributed by atoms with Crippen LogP contribution in [0.4, 0.5) is 4.39 Å². The van der Waals surface area contributed by atoms with Crippen LogP contribution in [-0.2, 0) is 22.6 Å². The first-order chi connectivity index (χ1) is 17.9. The molecule has 7 nitrogen and oxygen atoms in total. The van der Waals surface area contributed by atoms with Crippen molar-refractivity contribution in [2.75, 3.05) is 13.2 Å². The summed E-state index contributed by atoms with van der Waals surface area (Å²) in [6.45, 7) is 3.07. The van der Waals surface area contributed by atoms with Crippen LogP contribution in [0.5, 0.6) is 5.75 Å². The van der Waals surface area contributed by atoms with Crippen molar-refractivity contribution in [2.45, 2.75) is 51.0 Å². The number of ether oxygens (including phenoxy) is 1. The van der Waals surface area contributed by atoms with E-state index in [1.807, 2.05) is 42.6 Å². The monoisotopic (exact) mass is 526 g/mol. The van der Waals surface area contributed by atoms with Gasteiger partial charge >= 0.3 is 0 Å². The second kappa shape index (κ2) is 12.3. The maximum Gasteiger partial charge on any atom is 0.255 e. The fourth-order valence-corrected chi connectivity index (χ4v) is 5.40. The van der Waals surface area contributed by atoms with E-state index in [1.165, 1.54) is 28.4 Å². The van der Waals surface area contributed by atoms with Gasteiger partial charge in [-0.15, -0.1) is 11.3 Å². The Kier molecular flexibility index (Phi) is 8.91. The van der Waals surface area contributed by atoms with E-state index in [9.17, 15) is 24.2 Å². The topological polar surface area (TPSA) is 99.1 Å². The van der Waals surface area contributed by atoms with Crippen molar-refractivity contribution < 1.29 is 28.9 Å². The molecule has 196 valence electrons. The second-order valence-electron chi connectivity index (χ2n) is 8.99. The first kappa shape index (κ1) is 26.8. The maximum absolute atomic E-state index is 13.3. The number of aliphatic hydroxyl groups is 2. The van der Waals surface area contributed by atoms with Gasteiger partial charge < -0.3 is 25.2 Å². The lowest BCUT2D eigenvalue weighted by molar-refractivity contribution is -0.153. The number of nitrogens with one attached hydrogen (secondary N) is 1. The van der Waals surface area contributed by atoms with Crippen LogP contribution in [0.2, 0.25) is 0 Å². The quantitative estimate of drug-likeness (QED) is 0.375. The zero-order chi connectivity index (χ0) is 26.4. The Balaban J connectivity index is 1.32. The molecule has 3 atom stereocenters. The summed E-state index contributed by atoms with van der Waals surface area (Å²) in [5.74, 6) is -1.08. The van der Waals surface area contributed by atoms with Crippen LogP contribution in [0.3, 0.4) is 0 Å². The van der Waals surface area contributed by atoms with Crippen LogP contribution in [0, 0.1) is 5.82 Å². The van der Waals surface area contributed by atoms with Crippen molar-refractivity contribution in [1.29, 1.82) is 0 Å². The van der Waals surface area contributed by atoms with Gasteiger partial charge in [0.25, 0.3) is 11.8 Å². The van der Waals surface area contributed by atoms with Gasteiger partial charge in [-0.25, -0.2) is 4.39 Å². The number of carbonyl (C=O) groups is 2. The lowest BCUT2D eigenvalue weighted by atomic mass is 10.0. The van der Waals surface area contributed by atoms with Crippen LogP contribution in [-0.4, -0.2) is 52.3 Å². The van der Waals surface area contributed by atoms with Gasteiger partial charge in [-0.1, -0.05) is 30.3 Å². The number of hydrogen-bond donors (Lipinski definition) is 3. The van der Waals surface area contributed by atoms with E-state index >= 15 is 0 Å². The van der Waals surface area contributed by atoms with Crippen LogP contribution < -0.4 is 10.1 Å². The molecule has 3 aromatic rings. The van der Waals surface area contributed by atoms with Gasteiger partial charge in [-0.2, -0.15) is 0 Å². The molecule has 3 N–H and O–H groups in total. The van der Waals surface area contributed by atoms with Crippen molar-refractivity contribution in [1.82, 2.24) is 10.2 Å². The van der Waals surface area contributed by atoms with Gasteiger partial charge in [0.15, 0.2) is 12.2 Å². The Morgan fingerprint density at radius 1 is 1.16 bits per heavy atom. The molecule has 1 saturated heterocycles. The van der Waals surface area contributed by atoms with Gasteiger partial charge in [0.05, 0.1) is 19.2 Å². The Hall–Kier alpha value is -3.27. The fraction of sp³-hybridized carbons (Fsp3) is 0.357. The third kappa shape index (κ3) is 6.54. The summed E-state index contributed by atoms with van der Waals surface area (Å²) in [5.41, 5.74) is 2.88. The molecule has 2 aromatic carbocycles. The number of amides is 2. The first-order valence-electron chi connectivity index (χ1n) is 12.3. The molecule has 0 saturated carbocycles. The molecule has 0 bridgehead atoms. The van der Waals surface area contributed by atoms with E-state index in [0.29, 0.717) is 32.4 Å². The largest absolute Gasteiger partial charge is 0.494 e. The van der Waals surface area contributed by atoms with E-state index < -0.39 is 24.0 Å². The summed E-state index contributed by atoms with van der Waals surface area (Å²) in [5, 5.41) is 25.5. The molecular weight excluding hydrogens is 495 g/mol. The van der Waals surface area contributed by atoms with Crippen molar-refractivity contribution in [3.63, 3.8) is 0 Å². The molecule has 1 aromatic heterocycles. The predicted octanol–water partition coefficient (Wildman–Crippen LogP) is 3.58. The minimum Gasteiger partial charge on any atom is -0.494 e. The van der Waals surface area contributed by atoms with E-state index in [-0.39, 0.29) is 18.4 Å². The average molecular weight is 527 g/mol. The Morgan fingerprint density at radius 3 is 2.68 bits per heavy atom. The fourth-order valence-electron chi connectivity index (χ4n) is 4.57. The Labute approximate surface area is 219 Å². The first-order valence-corrected chi connectivity index (χ1v) is 13.2. The third-order valence-electron chi connectivity index (χ3n) is 6.42. The summed E-state index contributed by atoms with van der Waals surface area (Å²) in [7, 11) is 0. The molecule has 9 heteroatoms. The van der Waals surface area contributed by atoms with Crippen molar-refractivity contribution in [2.24, 2.45) is 0 Å². The molecule has 4 rings (SSSR count). The van der Waals surface area contributed by atoms with Crippen LogP contribution in [0.15, 0.2) is 60.0 Å². The second-order valence-corrected chi connectivity index (χ2v) is 9.98. The number of hydrogen-bond acceptors (Lipinski definition) is 6. The van der Waals surface area contributed by atoms with Crippen molar-refractivity contribution >= 4 is 23.2 Å². The highest BCUT2D eigenvalue weighted by atomic mass is 32.1. The number of likely N-dealkylation sites (tertiary alicyclic amines) is 1. The van der Waals surface area contributed by atoms with Gasteiger partial charge in [-0.05, 0) is 66.1 Å². The molecule has 37 heavy (non-hydrogen) atoms. The summed E-state index contributed by atoms with van der Waals surface area (Å²) in [6.07, 6.45) is -1.75. The maximum atomic E-state index is 13.3. The molecule has 2 amide bonds. The Bertz CT molecular complexity index is 1220. The summed E-state index contributed by atoms with van der Waals surface area (Å²) < 4.78 is 19.0. The SMILES string of the molecule is CCOc1ccccc1Cc1csc(CNC(=O)[C@H](O)[C@@H](O)C(=O)N2CCCC2c2ccc(F)cc2)c1. The Morgan fingerprint density at radius 2 is 1.92 bits per heavy atom. The van der Waals surface area contributed by atoms with Gasteiger partial charge in [0.1, 0.15) is 11.6 Å². The minimum atomic E-state index is -1.90. The molecule has 1 aliphatic heterocycles. The highest BCUT2D eigenvalue weighted by Gasteiger charge is 2.38. The number of halogens is 1. The molecule has 0 spiro atoms. The predicted molar refractivity (Wildman–Crippen MR) is 139 cm³/mol. The third-order valence-corrected chi connectivity index (χ3v) is 7.41.